The Morgan fingerprint density at radius 2 is 1.48 bits per heavy atom. The molecule has 0 aliphatic rings. The first-order valence-electron chi connectivity index (χ1n) is 6.95. The molecule has 2 rings (SSSR count). The normalized spacial score (nSPS) is 10.2. The van der Waals surface area contributed by atoms with Gasteiger partial charge in [-0.1, -0.05) is 18.2 Å². The van der Waals surface area contributed by atoms with Crippen molar-refractivity contribution in [3.63, 3.8) is 0 Å². The van der Waals surface area contributed by atoms with Crippen LogP contribution in [0.1, 0.15) is 5.56 Å². The number of ether oxygens (including phenoxy) is 3. The molecule has 0 amide bonds. The van der Waals surface area contributed by atoms with Crippen molar-refractivity contribution < 1.29 is 14.2 Å². The Kier molecular flexibility index (Phi) is 5.91. The molecule has 0 fully saturated rings. The minimum absolute atomic E-state index is 0.490. The highest BCUT2D eigenvalue weighted by molar-refractivity contribution is 5.32. The van der Waals surface area contributed by atoms with Crippen LogP contribution < -0.4 is 19.5 Å². The van der Waals surface area contributed by atoms with Gasteiger partial charge in [0.2, 0.25) is 0 Å². The first-order chi connectivity index (χ1) is 10.3. The summed E-state index contributed by atoms with van der Waals surface area (Å²) in [7, 11) is 3.57. The molecule has 1 N–H and O–H groups in total. The number of rotatable bonds is 8. The predicted molar refractivity (Wildman–Crippen MR) is 83.2 cm³/mol. The smallest absolute Gasteiger partial charge is 0.123 e. The lowest BCUT2D eigenvalue weighted by Crippen LogP contribution is -2.09. The van der Waals surface area contributed by atoms with E-state index in [0.29, 0.717) is 13.2 Å². The van der Waals surface area contributed by atoms with Gasteiger partial charge in [0, 0.05) is 12.6 Å². The lowest BCUT2D eigenvalue weighted by molar-refractivity contribution is 0.216. The van der Waals surface area contributed by atoms with Crippen molar-refractivity contribution >= 4 is 0 Å². The zero-order valence-corrected chi connectivity index (χ0v) is 12.5. The summed E-state index contributed by atoms with van der Waals surface area (Å²) in [6, 6.07) is 15.6. The summed E-state index contributed by atoms with van der Waals surface area (Å²) in [4.78, 5) is 0. The molecular formula is C17H21NO3. The van der Waals surface area contributed by atoms with Crippen LogP contribution in [-0.4, -0.2) is 27.4 Å². The molecule has 0 unspecified atom stereocenters. The van der Waals surface area contributed by atoms with Crippen molar-refractivity contribution in [2.45, 2.75) is 6.54 Å². The van der Waals surface area contributed by atoms with Crippen LogP contribution in [-0.2, 0) is 6.54 Å². The molecule has 0 aliphatic heterocycles. The highest BCUT2D eigenvalue weighted by Gasteiger charge is 1.99. The van der Waals surface area contributed by atoms with E-state index in [1.165, 1.54) is 5.56 Å². The molecule has 0 aromatic heterocycles. The molecule has 0 spiro atoms. The van der Waals surface area contributed by atoms with E-state index in [4.69, 9.17) is 14.2 Å². The van der Waals surface area contributed by atoms with Crippen molar-refractivity contribution in [3.05, 3.63) is 54.1 Å². The van der Waals surface area contributed by atoms with E-state index >= 15 is 0 Å². The standard InChI is InChI=1S/C17H21NO3/c1-18-13-14-5-3-7-16(11-14)20-9-10-21-17-8-4-6-15(12-17)19-2/h3-8,11-12,18H,9-10,13H2,1-2H3. The number of hydrogen-bond donors (Lipinski definition) is 1. The number of nitrogens with one attached hydrogen (secondary N) is 1. The van der Waals surface area contributed by atoms with Gasteiger partial charge in [-0.2, -0.15) is 0 Å². The third-order valence-corrected chi connectivity index (χ3v) is 2.94. The van der Waals surface area contributed by atoms with Gasteiger partial charge in [0.25, 0.3) is 0 Å². The number of methoxy groups -OCH3 is 1. The Morgan fingerprint density at radius 3 is 2.14 bits per heavy atom. The van der Waals surface area contributed by atoms with Gasteiger partial charge < -0.3 is 19.5 Å². The van der Waals surface area contributed by atoms with Gasteiger partial charge in [0.15, 0.2) is 0 Å². The fourth-order valence-corrected chi connectivity index (χ4v) is 1.96. The highest BCUT2D eigenvalue weighted by atomic mass is 16.5. The van der Waals surface area contributed by atoms with Crippen LogP contribution in [0.4, 0.5) is 0 Å². The van der Waals surface area contributed by atoms with Crippen LogP contribution in [0.2, 0.25) is 0 Å². The summed E-state index contributed by atoms with van der Waals surface area (Å²) < 4.78 is 16.5. The van der Waals surface area contributed by atoms with Crippen molar-refractivity contribution in [3.8, 4) is 17.2 Å². The summed E-state index contributed by atoms with van der Waals surface area (Å²) in [5.41, 5.74) is 1.20. The average molecular weight is 287 g/mol. The molecule has 112 valence electrons. The topological polar surface area (TPSA) is 39.7 Å². The fourth-order valence-electron chi connectivity index (χ4n) is 1.96. The van der Waals surface area contributed by atoms with E-state index in [1.54, 1.807) is 7.11 Å². The first kappa shape index (κ1) is 15.2. The second kappa shape index (κ2) is 8.17. The van der Waals surface area contributed by atoms with E-state index in [-0.39, 0.29) is 0 Å². The van der Waals surface area contributed by atoms with Gasteiger partial charge in [0.05, 0.1) is 7.11 Å². The van der Waals surface area contributed by atoms with E-state index in [9.17, 15) is 0 Å². The number of benzene rings is 2. The summed E-state index contributed by atoms with van der Waals surface area (Å²) in [5.74, 6) is 2.42. The van der Waals surface area contributed by atoms with Crippen LogP contribution in [0.3, 0.4) is 0 Å². The van der Waals surface area contributed by atoms with Crippen LogP contribution >= 0.6 is 0 Å². The van der Waals surface area contributed by atoms with E-state index in [0.717, 1.165) is 23.8 Å². The molecular weight excluding hydrogens is 266 g/mol. The lowest BCUT2D eigenvalue weighted by Gasteiger charge is -2.10. The van der Waals surface area contributed by atoms with E-state index < -0.39 is 0 Å². The molecule has 0 heterocycles. The van der Waals surface area contributed by atoms with Crippen LogP contribution in [0.15, 0.2) is 48.5 Å². The predicted octanol–water partition coefficient (Wildman–Crippen LogP) is 2.87. The average Bonchev–Trinajstić information content (AvgIpc) is 2.52. The molecule has 21 heavy (non-hydrogen) atoms. The lowest BCUT2D eigenvalue weighted by atomic mass is 10.2. The van der Waals surface area contributed by atoms with E-state index in [1.807, 2.05) is 49.5 Å². The SMILES string of the molecule is CNCc1cccc(OCCOc2cccc(OC)c2)c1. The highest BCUT2D eigenvalue weighted by Crippen LogP contribution is 2.19. The van der Waals surface area contributed by atoms with Crippen molar-refractivity contribution in [1.29, 1.82) is 0 Å². The summed E-state index contributed by atoms with van der Waals surface area (Å²) in [6.45, 7) is 1.82. The van der Waals surface area contributed by atoms with Gasteiger partial charge in [-0.15, -0.1) is 0 Å². The zero-order chi connectivity index (χ0) is 14.9. The number of hydrogen-bond acceptors (Lipinski definition) is 4. The maximum atomic E-state index is 5.69. The molecule has 0 atom stereocenters. The second-order valence-electron chi connectivity index (χ2n) is 4.55. The molecule has 0 aliphatic carbocycles. The van der Waals surface area contributed by atoms with Crippen molar-refractivity contribution in [1.82, 2.24) is 5.32 Å². The monoisotopic (exact) mass is 287 g/mol. The van der Waals surface area contributed by atoms with Gasteiger partial charge in [-0.3, -0.25) is 0 Å². The quantitative estimate of drug-likeness (QED) is 0.758. The minimum Gasteiger partial charge on any atom is -0.497 e. The third-order valence-electron chi connectivity index (χ3n) is 2.94. The molecule has 0 saturated heterocycles. The summed E-state index contributed by atoms with van der Waals surface area (Å²) in [6.07, 6.45) is 0. The van der Waals surface area contributed by atoms with E-state index in [2.05, 4.69) is 11.4 Å². The Bertz CT molecular complexity index is 557. The maximum Gasteiger partial charge on any atom is 0.123 e. The van der Waals surface area contributed by atoms with Crippen molar-refractivity contribution in [2.24, 2.45) is 0 Å². The largest absolute Gasteiger partial charge is 0.497 e. The van der Waals surface area contributed by atoms with Gasteiger partial charge in [0.1, 0.15) is 30.5 Å². The Morgan fingerprint density at radius 1 is 0.857 bits per heavy atom. The Balaban J connectivity index is 1.77. The first-order valence-corrected chi connectivity index (χ1v) is 6.95. The van der Waals surface area contributed by atoms with Gasteiger partial charge >= 0.3 is 0 Å². The molecule has 2 aromatic rings. The third kappa shape index (κ3) is 5.00. The minimum atomic E-state index is 0.490. The molecule has 4 nitrogen and oxygen atoms in total. The van der Waals surface area contributed by atoms with Crippen LogP contribution in [0.5, 0.6) is 17.2 Å². The fraction of sp³-hybridized carbons (Fsp3) is 0.294. The zero-order valence-electron chi connectivity index (χ0n) is 12.5. The van der Waals surface area contributed by atoms with Gasteiger partial charge in [-0.25, -0.2) is 0 Å². The van der Waals surface area contributed by atoms with Crippen LogP contribution in [0.25, 0.3) is 0 Å². The molecule has 0 saturated carbocycles. The Labute approximate surface area is 125 Å². The second-order valence-corrected chi connectivity index (χ2v) is 4.55. The Hall–Kier alpha value is -2.20. The van der Waals surface area contributed by atoms with Crippen LogP contribution in [0, 0.1) is 0 Å². The summed E-state index contributed by atoms with van der Waals surface area (Å²) >= 11 is 0. The molecule has 0 bridgehead atoms. The molecule has 0 radical (unpaired) electrons. The summed E-state index contributed by atoms with van der Waals surface area (Å²) in [5, 5.41) is 3.12. The molecule has 2 aromatic carbocycles. The van der Waals surface area contributed by atoms with Gasteiger partial charge in [-0.05, 0) is 36.9 Å². The van der Waals surface area contributed by atoms with Crippen molar-refractivity contribution in [2.75, 3.05) is 27.4 Å². The maximum absolute atomic E-state index is 5.69. The molecule has 4 heteroatoms.